The van der Waals surface area contributed by atoms with Crippen LogP contribution in [0.15, 0.2) is 51.5 Å². The largest absolute Gasteiger partial charge is 0.478 e. The predicted octanol–water partition coefficient (Wildman–Crippen LogP) is 2.22. The van der Waals surface area contributed by atoms with Gasteiger partial charge in [-0.3, -0.25) is 14.9 Å². The van der Waals surface area contributed by atoms with Crippen LogP contribution in [0.4, 0.5) is 0 Å². The molecule has 0 radical (unpaired) electrons. The van der Waals surface area contributed by atoms with Crippen LogP contribution in [-0.2, 0) is 9.59 Å². The highest BCUT2D eigenvalue weighted by molar-refractivity contribution is 6.19. The molecule has 144 valence electrons. The molecule has 0 saturated carbocycles. The van der Waals surface area contributed by atoms with Crippen molar-refractivity contribution in [3.8, 4) is 17.4 Å². The van der Waals surface area contributed by atoms with Crippen LogP contribution in [0.2, 0.25) is 0 Å². The van der Waals surface area contributed by atoms with E-state index < -0.39 is 23.8 Å². The molecule has 0 unspecified atom stereocenters. The van der Waals surface area contributed by atoms with Gasteiger partial charge in [0, 0.05) is 11.1 Å². The summed E-state index contributed by atoms with van der Waals surface area (Å²) in [6.45, 7) is 1.46. The van der Waals surface area contributed by atoms with Crippen molar-refractivity contribution in [2.45, 2.75) is 6.92 Å². The quantitative estimate of drug-likeness (QED) is 0.528. The van der Waals surface area contributed by atoms with Crippen molar-refractivity contribution >= 4 is 29.8 Å². The van der Waals surface area contributed by atoms with E-state index in [1.54, 1.807) is 6.07 Å². The van der Waals surface area contributed by atoms with E-state index in [0.29, 0.717) is 0 Å². The number of carboxylic acid groups (broad SMARTS) is 2. The lowest BCUT2D eigenvalue weighted by Gasteiger charge is -2.15. The molecule has 29 heavy (non-hydrogen) atoms. The van der Waals surface area contributed by atoms with E-state index in [1.807, 2.05) is 0 Å². The maximum atomic E-state index is 12.1. The lowest BCUT2D eigenvalue weighted by molar-refractivity contribution is -0.126. The van der Waals surface area contributed by atoms with Gasteiger partial charge in [0.2, 0.25) is 0 Å². The van der Waals surface area contributed by atoms with Crippen LogP contribution in [-0.4, -0.2) is 34.0 Å². The van der Waals surface area contributed by atoms with Crippen LogP contribution in [0.1, 0.15) is 33.4 Å². The van der Waals surface area contributed by atoms with Crippen molar-refractivity contribution < 1.29 is 33.8 Å². The van der Waals surface area contributed by atoms with Crippen molar-refractivity contribution in [2.75, 3.05) is 0 Å². The summed E-state index contributed by atoms with van der Waals surface area (Å²) < 4.78 is 5.60. The van der Waals surface area contributed by atoms with Gasteiger partial charge in [-0.05, 0) is 48.9 Å². The summed E-state index contributed by atoms with van der Waals surface area (Å²) in [5.41, 5.74) is -0.159. The fraction of sp³-hybridized carbons (Fsp3) is 0.0500. The summed E-state index contributed by atoms with van der Waals surface area (Å²) in [4.78, 5) is 46.2. The van der Waals surface area contributed by atoms with E-state index in [9.17, 15) is 29.4 Å². The minimum Gasteiger partial charge on any atom is -0.478 e. The number of nitrogens with one attached hydrogen (secondary N) is 1. The molecule has 0 atom stereocenters. The van der Waals surface area contributed by atoms with Gasteiger partial charge in [0.05, 0.1) is 11.1 Å². The summed E-state index contributed by atoms with van der Waals surface area (Å²) in [7, 11) is 0. The number of aromatic carboxylic acids is 2. The van der Waals surface area contributed by atoms with Gasteiger partial charge >= 0.3 is 11.9 Å². The van der Waals surface area contributed by atoms with Crippen LogP contribution in [0.5, 0.6) is 0 Å². The predicted molar refractivity (Wildman–Crippen MR) is 97.5 cm³/mol. The number of imide groups is 1. The zero-order valence-electron chi connectivity index (χ0n) is 14.8. The third kappa shape index (κ3) is 3.68. The molecule has 9 heteroatoms. The monoisotopic (exact) mass is 392 g/mol. The fourth-order valence-electron chi connectivity index (χ4n) is 2.76. The second kappa shape index (κ2) is 7.28. The first-order chi connectivity index (χ1) is 13.7. The number of rotatable bonds is 4. The van der Waals surface area contributed by atoms with Gasteiger partial charge in [0.15, 0.2) is 0 Å². The summed E-state index contributed by atoms with van der Waals surface area (Å²) in [6, 6.07) is 8.25. The molecule has 2 amide bonds. The Morgan fingerprint density at radius 1 is 1.07 bits per heavy atom. The number of nitriles is 1. The highest BCUT2D eigenvalue weighted by Gasteiger charge is 2.27. The Morgan fingerprint density at radius 3 is 2.24 bits per heavy atom. The number of carbonyl (C=O) groups excluding carboxylic acids is 2. The van der Waals surface area contributed by atoms with E-state index in [-0.39, 0.29) is 44.9 Å². The molecule has 2 heterocycles. The van der Waals surface area contributed by atoms with E-state index in [1.165, 1.54) is 37.3 Å². The molecule has 1 aliphatic heterocycles. The SMILES string of the molecule is CC1=C(C#N)C(=O)NC(=O)/C1=C/c1ccc(-c2cc(C(=O)O)cc(C(=O)O)c2)o1. The van der Waals surface area contributed by atoms with E-state index in [2.05, 4.69) is 5.32 Å². The molecule has 0 aliphatic carbocycles. The zero-order valence-corrected chi connectivity index (χ0v) is 14.8. The molecule has 0 spiro atoms. The Bertz CT molecular complexity index is 1160. The van der Waals surface area contributed by atoms with Crippen molar-refractivity contribution in [1.82, 2.24) is 5.32 Å². The first-order valence-electron chi connectivity index (χ1n) is 8.12. The average Bonchev–Trinajstić information content (AvgIpc) is 3.13. The molecule has 1 aliphatic rings. The molecule has 2 aromatic rings. The maximum absolute atomic E-state index is 12.1. The first-order valence-corrected chi connectivity index (χ1v) is 8.12. The topological polar surface area (TPSA) is 158 Å². The van der Waals surface area contributed by atoms with Gasteiger partial charge in [-0.2, -0.15) is 5.26 Å². The molecule has 0 fully saturated rings. The van der Waals surface area contributed by atoms with Crippen LogP contribution in [0.3, 0.4) is 0 Å². The van der Waals surface area contributed by atoms with Crippen LogP contribution < -0.4 is 5.32 Å². The Morgan fingerprint density at radius 2 is 1.69 bits per heavy atom. The summed E-state index contributed by atoms with van der Waals surface area (Å²) >= 11 is 0. The molecule has 0 saturated heterocycles. The van der Waals surface area contributed by atoms with Gasteiger partial charge in [0.1, 0.15) is 23.2 Å². The summed E-state index contributed by atoms with van der Waals surface area (Å²) in [6.07, 6.45) is 1.33. The minimum absolute atomic E-state index is 0.0626. The zero-order chi connectivity index (χ0) is 21.3. The molecule has 9 nitrogen and oxygen atoms in total. The summed E-state index contributed by atoms with van der Waals surface area (Å²) in [5, 5.41) is 29.5. The molecule has 3 N–H and O–H groups in total. The van der Waals surface area contributed by atoms with Crippen LogP contribution in [0, 0.1) is 11.3 Å². The second-order valence-corrected chi connectivity index (χ2v) is 6.06. The fourth-order valence-corrected chi connectivity index (χ4v) is 2.76. The highest BCUT2D eigenvalue weighted by Crippen LogP contribution is 2.28. The molecule has 0 bridgehead atoms. The lowest BCUT2D eigenvalue weighted by atomic mass is 9.96. The van der Waals surface area contributed by atoms with Gasteiger partial charge in [-0.25, -0.2) is 9.59 Å². The average molecular weight is 392 g/mol. The van der Waals surface area contributed by atoms with Gasteiger partial charge in [-0.1, -0.05) is 0 Å². The third-order valence-corrected chi connectivity index (χ3v) is 4.21. The number of furan rings is 1. The molecule has 1 aromatic heterocycles. The van der Waals surface area contributed by atoms with Crippen molar-refractivity contribution in [3.05, 3.63) is 63.9 Å². The Balaban J connectivity index is 2.06. The number of hydrogen-bond acceptors (Lipinski definition) is 6. The molecule has 1 aromatic carbocycles. The molecular formula is C20H12N2O7. The number of carboxylic acids is 2. The van der Waals surface area contributed by atoms with Gasteiger partial charge in [-0.15, -0.1) is 0 Å². The number of benzene rings is 1. The lowest BCUT2D eigenvalue weighted by Crippen LogP contribution is -2.37. The Kier molecular flexibility index (Phi) is 4.85. The van der Waals surface area contributed by atoms with Crippen LogP contribution in [0.25, 0.3) is 17.4 Å². The number of hydrogen-bond donors (Lipinski definition) is 3. The van der Waals surface area contributed by atoms with Crippen molar-refractivity contribution in [2.24, 2.45) is 0 Å². The third-order valence-electron chi connectivity index (χ3n) is 4.21. The minimum atomic E-state index is -1.29. The van der Waals surface area contributed by atoms with Crippen LogP contribution >= 0.6 is 0 Å². The smallest absolute Gasteiger partial charge is 0.335 e. The number of amides is 2. The standard InChI is InChI=1S/C20H12N2O7/c1-9-14(17(23)22-18(24)15(9)8-21)7-13-2-3-16(29-13)10-4-11(19(25)26)6-12(5-10)20(27)28/h2-7H,1H3,(H,25,26)(H,27,28)(H,22,23,24)/b14-7+. The maximum Gasteiger partial charge on any atom is 0.335 e. The van der Waals surface area contributed by atoms with E-state index in [4.69, 9.17) is 9.68 Å². The van der Waals surface area contributed by atoms with E-state index in [0.717, 1.165) is 6.07 Å². The second-order valence-electron chi connectivity index (χ2n) is 6.06. The van der Waals surface area contributed by atoms with Gasteiger partial charge < -0.3 is 14.6 Å². The van der Waals surface area contributed by atoms with Crippen molar-refractivity contribution in [3.63, 3.8) is 0 Å². The summed E-state index contributed by atoms with van der Waals surface area (Å²) in [5.74, 6) is -3.69. The first kappa shape index (κ1) is 19.3. The van der Waals surface area contributed by atoms with Crippen molar-refractivity contribution in [1.29, 1.82) is 5.26 Å². The van der Waals surface area contributed by atoms with E-state index >= 15 is 0 Å². The molecule has 3 rings (SSSR count). The molecular weight excluding hydrogens is 380 g/mol. The number of nitrogens with zero attached hydrogens (tertiary/aromatic N) is 1. The highest BCUT2D eigenvalue weighted by atomic mass is 16.4. The Labute approximate surface area is 163 Å². The van der Waals surface area contributed by atoms with Gasteiger partial charge in [0.25, 0.3) is 11.8 Å². The Hall–Kier alpha value is -4.45. The number of carbonyl (C=O) groups is 4. The normalized spacial score (nSPS) is 15.2.